The van der Waals surface area contributed by atoms with Crippen molar-refractivity contribution in [2.75, 3.05) is 29.4 Å². The van der Waals surface area contributed by atoms with Gasteiger partial charge in [-0.3, -0.25) is 9.10 Å². The van der Waals surface area contributed by atoms with Crippen molar-refractivity contribution in [3.8, 4) is 0 Å². The van der Waals surface area contributed by atoms with Gasteiger partial charge in [-0.15, -0.1) is 0 Å². The summed E-state index contributed by atoms with van der Waals surface area (Å²) in [5.41, 5.74) is 1.45. The minimum atomic E-state index is -3.64. The highest BCUT2D eigenvalue weighted by molar-refractivity contribution is 7.98. The van der Waals surface area contributed by atoms with Crippen LogP contribution >= 0.6 is 35.0 Å². The fourth-order valence-corrected chi connectivity index (χ4v) is 4.72. The Balaban J connectivity index is 1.76. The summed E-state index contributed by atoms with van der Waals surface area (Å²) in [5, 5.41) is 3.76. The summed E-state index contributed by atoms with van der Waals surface area (Å²) in [6, 6.07) is 14.3. The van der Waals surface area contributed by atoms with Gasteiger partial charge in [-0.05, 0) is 42.0 Å². The number of nitrogens with one attached hydrogen (secondary N) is 1. The molecule has 0 atom stereocenters. The molecule has 2 rings (SSSR count). The van der Waals surface area contributed by atoms with Gasteiger partial charge in [0.25, 0.3) is 0 Å². The summed E-state index contributed by atoms with van der Waals surface area (Å²) in [5.74, 6) is 1.35. The van der Waals surface area contributed by atoms with Crippen molar-refractivity contribution in [3.05, 3.63) is 64.1 Å². The predicted octanol–water partition coefficient (Wildman–Crippen LogP) is 4.20. The third-order valence-electron chi connectivity index (χ3n) is 3.75. The highest BCUT2D eigenvalue weighted by atomic mass is 35.5. The van der Waals surface area contributed by atoms with Crippen LogP contribution in [0, 0.1) is 0 Å². The molecule has 0 unspecified atom stereocenters. The number of hydrogen-bond donors (Lipinski definition) is 1. The van der Waals surface area contributed by atoms with Gasteiger partial charge in [-0.25, -0.2) is 8.42 Å². The van der Waals surface area contributed by atoms with Crippen LogP contribution in [-0.4, -0.2) is 39.4 Å². The van der Waals surface area contributed by atoms with Crippen molar-refractivity contribution in [3.63, 3.8) is 0 Å². The third kappa shape index (κ3) is 7.54. The third-order valence-corrected chi connectivity index (χ3v) is 6.55. The first-order valence-electron chi connectivity index (χ1n) is 8.58. The highest BCUT2D eigenvalue weighted by Gasteiger charge is 2.22. The lowest BCUT2D eigenvalue weighted by atomic mass is 10.2. The molecule has 28 heavy (non-hydrogen) atoms. The molecule has 0 saturated heterocycles. The van der Waals surface area contributed by atoms with Gasteiger partial charge in [0.15, 0.2) is 0 Å². The largest absolute Gasteiger partial charge is 0.354 e. The smallest absolute Gasteiger partial charge is 0.240 e. The molecule has 9 heteroatoms. The van der Waals surface area contributed by atoms with Crippen LogP contribution in [0.4, 0.5) is 5.69 Å². The Hall–Kier alpha value is -1.41. The van der Waals surface area contributed by atoms with Gasteiger partial charge < -0.3 is 5.32 Å². The fourth-order valence-electron chi connectivity index (χ4n) is 2.44. The number of benzene rings is 2. The summed E-state index contributed by atoms with van der Waals surface area (Å²) in [7, 11) is -3.64. The minimum Gasteiger partial charge on any atom is -0.354 e. The molecule has 0 spiro atoms. The highest BCUT2D eigenvalue weighted by Crippen LogP contribution is 2.26. The summed E-state index contributed by atoms with van der Waals surface area (Å²) in [6.07, 6.45) is 1.83. The van der Waals surface area contributed by atoms with Gasteiger partial charge >= 0.3 is 0 Å². The van der Waals surface area contributed by atoms with Crippen LogP contribution in [0.3, 0.4) is 0 Å². The molecule has 1 N–H and O–H groups in total. The first-order valence-corrected chi connectivity index (χ1v) is 12.3. The lowest BCUT2D eigenvalue weighted by Gasteiger charge is -2.22. The van der Waals surface area contributed by atoms with E-state index in [1.54, 1.807) is 36.0 Å². The molecule has 0 radical (unpaired) electrons. The van der Waals surface area contributed by atoms with Crippen molar-refractivity contribution in [1.82, 2.24) is 5.32 Å². The number of amides is 1. The van der Waals surface area contributed by atoms with E-state index < -0.39 is 10.0 Å². The van der Waals surface area contributed by atoms with Crippen LogP contribution < -0.4 is 9.62 Å². The molecule has 2 aromatic rings. The molecular formula is C19H22Cl2N2O3S2. The molecule has 2 aromatic carbocycles. The van der Waals surface area contributed by atoms with Crippen LogP contribution in [-0.2, 0) is 20.6 Å². The normalized spacial score (nSPS) is 11.2. The van der Waals surface area contributed by atoms with Crippen LogP contribution in [0.2, 0.25) is 10.0 Å². The maximum absolute atomic E-state index is 12.2. The molecule has 5 nitrogen and oxygen atoms in total. The first kappa shape index (κ1) is 22.9. The number of carbonyl (C=O) groups is 1. The molecule has 0 aliphatic carbocycles. The van der Waals surface area contributed by atoms with Crippen molar-refractivity contribution >= 4 is 56.6 Å². The number of carbonyl (C=O) groups excluding carboxylic acids is 1. The molecule has 0 saturated carbocycles. The van der Waals surface area contributed by atoms with Gasteiger partial charge in [0.05, 0.1) is 17.0 Å². The van der Waals surface area contributed by atoms with E-state index in [1.807, 2.05) is 24.3 Å². The Bertz CT molecular complexity index is 908. The fraction of sp³-hybridized carbons (Fsp3) is 0.316. The molecule has 152 valence electrons. The maximum atomic E-state index is 12.2. The Kier molecular flexibility index (Phi) is 8.95. The number of hydrogen-bond acceptors (Lipinski definition) is 4. The average Bonchev–Trinajstić information content (AvgIpc) is 2.62. The number of para-hydroxylation sites is 1. The Morgan fingerprint density at radius 2 is 1.89 bits per heavy atom. The Morgan fingerprint density at radius 3 is 2.57 bits per heavy atom. The molecule has 0 fully saturated rings. The summed E-state index contributed by atoms with van der Waals surface area (Å²) in [6.45, 7) is 0.166. The van der Waals surface area contributed by atoms with E-state index >= 15 is 0 Å². The van der Waals surface area contributed by atoms with E-state index in [-0.39, 0.29) is 17.5 Å². The second-order valence-electron chi connectivity index (χ2n) is 6.11. The first-order chi connectivity index (χ1) is 13.3. The van der Waals surface area contributed by atoms with E-state index in [0.29, 0.717) is 12.2 Å². The van der Waals surface area contributed by atoms with Crippen molar-refractivity contribution in [2.24, 2.45) is 0 Å². The van der Waals surface area contributed by atoms with E-state index in [1.165, 1.54) is 0 Å². The van der Waals surface area contributed by atoms with E-state index in [9.17, 15) is 13.2 Å². The summed E-state index contributed by atoms with van der Waals surface area (Å²) >= 11 is 13.8. The van der Waals surface area contributed by atoms with Crippen LogP contribution in [0.25, 0.3) is 0 Å². The van der Waals surface area contributed by atoms with Crippen LogP contribution in [0.1, 0.15) is 12.0 Å². The molecule has 0 aromatic heterocycles. The van der Waals surface area contributed by atoms with Gasteiger partial charge in [0.2, 0.25) is 15.9 Å². The van der Waals surface area contributed by atoms with Crippen LogP contribution in [0.15, 0.2) is 48.5 Å². The quantitative estimate of drug-likeness (QED) is 0.539. The minimum absolute atomic E-state index is 0.276. The lowest BCUT2D eigenvalue weighted by Crippen LogP contribution is -2.40. The summed E-state index contributed by atoms with van der Waals surface area (Å²) < 4.78 is 25.1. The standard InChI is InChI=1S/C19H22Cl2N2O3S2/c1-28(25,26)23(18-9-3-2-8-17(18)21)13-19(24)22-10-5-11-27-14-15-6-4-7-16(20)12-15/h2-4,6-9,12H,5,10-11,13-14H2,1H3,(H,22,24). The maximum Gasteiger partial charge on any atom is 0.240 e. The van der Waals surface area contributed by atoms with Gasteiger partial charge in [0.1, 0.15) is 6.54 Å². The number of halogens is 2. The van der Waals surface area contributed by atoms with E-state index in [0.717, 1.165) is 39.1 Å². The zero-order valence-corrected chi connectivity index (χ0v) is 18.5. The number of anilines is 1. The number of sulfonamides is 1. The molecule has 0 bridgehead atoms. The lowest BCUT2D eigenvalue weighted by molar-refractivity contribution is -0.119. The monoisotopic (exact) mass is 460 g/mol. The second kappa shape index (κ2) is 11.0. The molecular weight excluding hydrogens is 439 g/mol. The Labute approximate surface area is 180 Å². The zero-order valence-electron chi connectivity index (χ0n) is 15.4. The SMILES string of the molecule is CS(=O)(=O)N(CC(=O)NCCCSCc1cccc(Cl)c1)c1ccccc1Cl. The topological polar surface area (TPSA) is 66.5 Å². The average molecular weight is 461 g/mol. The summed E-state index contributed by atoms with van der Waals surface area (Å²) in [4.78, 5) is 12.2. The Morgan fingerprint density at radius 1 is 1.14 bits per heavy atom. The number of thioether (sulfide) groups is 1. The molecule has 0 heterocycles. The molecule has 0 aliphatic heterocycles. The van der Waals surface area contributed by atoms with Gasteiger partial charge in [0, 0.05) is 17.3 Å². The zero-order chi connectivity index (χ0) is 20.6. The number of rotatable bonds is 10. The van der Waals surface area contributed by atoms with E-state index in [4.69, 9.17) is 23.2 Å². The molecule has 1 amide bonds. The van der Waals surface area contributed by atoms with Crippen molar-refractivity contribution in [1.29, 1.82) is 0 Å². The van der Waals surface area contributed by atoms with Gasteiger partial charge in [-0.2, -0.15) is 11.8 Å². The molecule has 0 aliphatic rings. The predicted molar refractivity (Wildman–Crippen MR) is 119 cm³/mol. The van der Waals surface area contributed by atoms with Crippen molar-refractivity contribution < 1.29 is 13.2 Å². The number of nitrogens with zero attached hydrogens (tertiary/aromatic N) is 1. The van der Waals surface area contributed by atoms with Crippen molar-refractivity contribution in [2.45, 2.75) is 12.2 Å². The second-order valence-corrected chi connectivity index (χ2v) is 9.96. The van der Waals surface area contributed by atoms with Crippen LogP contribution in [0.5, 0.6) is 0 Å². The van der Waals surface area contributed by atoms with E-state index in [2.05, 4.69) is 5.32 Å². The van der Waals surface area contributed by atoms with Gasteiger partial charge in [-0.1, -0.05) is 47.5 Å².